The van der Waals surface area contributed by atoms with Gasteiger partial charge in [0.1, 0.15) is 6.04 Å². The van der Waals surface area contributed by atoms with E-state index >= 15 is 0 Å². The number of amides is 2. The van der Waals surface area contributed by atoms with Gasteiger partial charge >= 0.3 is 12.0 Å². The molecule has 0 heterocycles. The molecule has 1 atom stereocenters. The van der Waals surface area contributed by atoms with Gasteiger partial charge in [0, 0.05) is 5.69 Å². The summed E-state index contributed by atoms with van der Waals surface area (Å²) in [4.78, 5) is 23.3. The molecule has 0 spiro atoms. The zero-order valence-corrected chi connectivity index (χ0v) is 11.7. The first-order valence-corrected chi connectivity index (χ1v) is 6.16. The lowest BCUT2D eigenvalue weighted by molar-refractivity contribution is -0.143. The highest BCUT2D eigenvalue weighted by molar-refractivity contribution is 5.92. The van der Waals surface area contributed by atoms with Crippen LogP contribution in [0.25, 0.3) is 0 Å². The third kappa shape index (κ3) is 4.62. The second-order valence-corrected chi connectivity index (χ2v) is 4.71. The number of benzene rings is 1. The Kier molecular flexibility index (Phi) is 5.36. The molecule has 0 saturated heterocycles. The first kappa shape index (κ1) is 15.0. The van der Waals surface area contributed by atoms with Gasteiger partial charge in [-0.15, -0.1) is 0 Å². The Morgan fingerprint density at radius 2 is 1.74 bits per heavy atom. The fourth-order valence-electron chi connectivity index (χ4n) is 1.57. The van der Waals surface area contributed by atoms with E-state index in [1.54, 1.807) is 12.1 Å². The summed E-state index contributed by atoms with van der Waals surface area (Å²) in [6.07, 6.45) is 0. The predicted octanol–water partition coefficient (Wildman–Crippen LogP) is 2.31. The van der Waals surface area contributed by atoms with Crippen LogP contribution in [0.3, 0.4) is 0 Å². The Labute approximate surface area is 113 Å². The molecule has 2 N–H and O–H groups in total. The Balaban J connectivity index is 2.62. The van der Waals surface area contributed by atoms with Gasteiger partial charge in [0.05, 0.1) is 7.11 Å². The first-order chi connectivity index (χ1) is 8.93. The van der Waals surface area contributed by atoms with E-state index in [4.69, 9.17) is 0 Å². The molecule has 5 nitrogen and oxygen atoms in total. The van der Waals surface area contributed by atoms with Crippen LogP contribution in [0.2, 0.25) is 0 Å². The second kappa shape index (κ2) is 6.78. The topological polar surface area (TPSA) is 67.4 Å². The fourth-order valence-corrected chi connectivity index (χ4v) is 1.57. The Morgan fingerprint density at radius 3 is 2.21 bits per heavy atom. The zero-order valence-electron chi connectivity index (χ0n) is 11.7. The minimum absolute atomic E-state index is 0.0452. The number of carbonyl (C=O) groups excluding carboxylic acids is 2. The molecular formula is C14H20N2O3. The maximum atomic E-state index is 11.8. The number of hydrogen-bond acceptors (Lipinski definition) is 3. The van der Waals surface area contributed by atoms with Gasteiger partial charge in [-0.05, 0) is 25.0 Å². The smallest absolute Gasteiger partial charge is 0.328 e. The average molecular weight is 264 g/mol. The van der Waals surface area contributed by atoms with Crippen LogP contribution in [-0.2, 0) is 9.53 Å². The molecule has 0 aliphatic heterocycles. The number of hydrogen-bond donors (Lipinski definition) is 2. The third-order valence-corrected chi connectivity index (χ3v) is 2.72. The standard InChI is InChI=1S/C14H20N2O3/c1-9(2)12(13(17)19-4)16-14(18)15-11-7-5-10(3)6-8-11/h5-9,12H,1-4H3,(H2,15,16,18). The number of anilines is 1. The summed E-state index contributed by atoms with van der Waals surface area (Å²) in [5.74, 6) is -0.495. The van der Waals surface area contributed by atoms with Gasteiger partial charge in [0.15, 0.2) is 0 Å². The molecule has 0 aliphatic rings. The van der Waals surface area contributed by atoms with E-state index < -0.39 is 18.0 Å². The van der Waals surface area contributed by atoms with Gasteiger partial charge in [0.25, 0.3) is 0 Å². The van der Waals surface area contributed by atoms with E-state index in [0.29, 0.717) is 5.69 Å². The van der Waals surface area contributed by atoms with Crippen molar-refractivity contribution < 1.29 is 14.3 Å². The van der Waals surface area contributed by atoms with Gasteiger partial charge in [-0.3, -0.25) is 0 Å². The van der Waals surface area contributed by atoms with E-state index in [1.165, 1.54) is 7.11 Å². The van der Waals surface area contributed by atoms with Gasteiger partial charge in [-0.1, -0.05) is 31.5 Å². The number of esters is 1. The highest BCUT2D eigenvalue weighted by atomic mass is 16.5. The molecular weight excluding hydrogens is 244 g/mol. The van der Waals surface area contributed by atoms with E-state index in [9.17, 15) is 9.59 Å². The monoisotopic (exact) mass is 264 g/mol. The Hall–Kier alpha value is -2.04. The lowest BCUT2D eigenvalue weighted by Crippen LogP contribution is -2.46. The third-order valence-electron chi connectivity index (χ3n) is 2.72. The molecule has 2 amide bonds. The number of carbonyl (C=O) groups is 2. The molecule has 0 aromatic heterocycles. The maximum Gasteiger partial charge on any atom is 0.328 e. The summed E-state index contributed by atoms with van der Waals surface area (Å²) in [7, 11) is 1.30. The fraction of sp³-hybridized carbons (Fsp3) is 0.429. The van der Waals surface area contributed by atoms with Crippen LogP contribution in [0.15, 0.2) is 24.3 Å². The summed E-state index contributed by atoms with van der Waals surface area (Å²) in [6, 6.07) is 6.32. The number of rotatable bonds is 4. The van der Waals surface area contributed by atoms with E-state index in [1.807, 2.05) is 32.9 Å². The number of aryl methyl sites for hydroxylation is 1. The van der Waals surface area contributed by atoms with Crippen molar-refractivity contribution >= 4 is 17.7 Å². The van der Waals surface area contributed by atoms with Crippen molar-refractivity contribution in [3.05, 3.63) is 29.8 Å². The number of ether oxygens (including phenoxy) is 1. The summed E-state index contributed by atoms with van der Waals surface area (Å²) in [5, 5.41) is 5.28. The Morgan fingerprint density at radius 1 is 1.16 bits per heavy atom. The maximum absolute atomic E-state index is 11.8. The predicted molar refractivity (Wildman–Crippen MR) is 74.0 cm³/mol. The number of urea groups is 1. The molecule has 1 rings (SSSR count). The molecule has 0 aliphatic carbocycles. The molecule has 0 fully saturated rings. The van der Waals surface area contributed by atoms with Crippen molar-refractivity contribution in [2.75, 3.05) is 12.4 Å². The van der Waals surface area contributed by atoms with Gasteiger partial charge in [-0.2, -0.15) is 0 Å². The Bertz CT molecular complexity index is 441. The molecule has 0 bridgehead atoms. The van der Waals surface area contributed by atoms with Crippen molar-refractivity contribution in [2.45, 2.75) is 26.8 Å². The SMILES string of the molecule is COC(=O)C(NC(=O)Nc1ccc(C)cc1)C(C)C. The number of nitrogens with one attached hydrogen (secondary N) is 2. The van der Waals surface area contributed by atoms with Crippen molar-refractivity contribution in [3.63, 3.8) is 0 Å². The van der Waals surface area contributed by atoms with Crippen LogP contribution in [0, 0.1) is 12.8 Å². The molecule has 104 valence electrons. The van der Waals surface area contributed by atoms with Crippen LogP contribution >= 0.6 is 0 Å². The highest BCUT2D eigenvalue weighted by Gasteiger charge is 2.24. The quantitative estimate of drug-likeness (QED) is 0.820. The summed E-state index contributed by atoms with van der Waals surface area (Å²) >= 11 is 0. The largest absolute Gasteiger partial charge is 0.467 e. The normalized spacial score (nSPS) is 11.8. The van der Waals surface area contributed by atoms with Crippen molar-refractivity contribution in [3.8, 4) is 0 Å². The minimum Gasteiger partial charge on any atom is -0.467 e. The summed E-state index contributed by atoms with van der Waals surface area (Å²) in [5.41, 5.74) is 1.79. The lowest BCUT2D eigenvalue weighted by atomic mass is 10.1. The second-order valence-electron chi connectivity index (χ2n) is 4.71. The van der Waals surface area contributed by atoms with E-state index in [-0.39, 0.29) is 5.92 Å². The molecule has 19 heavy (non-hydrogen) atoms. The average Bonchev–Trinajstić information content (AvgIpc) is 2.37. The van der Waals surface area contributed by atoms with Crippen LogP contribution in [0.1, 0.15) is 19.4 Å². The first-order valence-electron chi connectivity index (χ1n) is 6.16. The molecule has 0 radical (unpaired) electrons. The molecule has 1 unspecified atom stereocenters. The summed E-state index contributed by atoms with van der Waals surface area (Å²) in [6.45, 7) is 5.65. The summed E-state index contributed by atoms with van der Waals surface area (Å²) < 4.78 is 4.66. The van der Waals surface area contributed by atoms with Gasteiger partial charge in [-0.25, -0.2) is 9.59 Å². The molecule has 1 aromatic rings. The van der Waals surface area contributed by atoms with Crippen molar-refractivity contribution in [2.24, 2.45) is 5.92 Å². The van der Waals surface area contributed by atoms with Crippen LogP contribution < -0.4 is 10.6 Å². The van der Waals surface area contributed by atoms with Crippen molar-refractivity contribution in [1.82, 2.24) is 5.32 Å². The van der Waals surface area contributed by atoms with Gasteiger partial charge < -0.3 is 15.4 Å². The number of methoxy groups -OCH3 is 1. The van der Waals surface area contributed by atoms with E-state index in [2.05, 4.69) is 15.4 Å². The van der Waals surface area contributed by atoms with Crippen molar-refractivity contribution in [1.29, 1.82) is 0 Å². The lowest BCUT2D eigenvalue weighted by Gasteiger charge is -2.20. The van der Waals surface area contributed by atoms with Gasteiger partial charge in [0.2, 0.25) is 0 Å². The molecule has 1 aromatic carbocycles. The van der Waals surface area contributed by atoms with E-state index in [0.717, 1.165) is 5.56 Å². The molecule has 0 saturated carbocycles. The van der Waals surface area contributed by atoms with Crippen LogP contribution in [-0.4, -0.2) is 25.2 Å². The van der Waals surface area contributed by atoms with Crippen LogP contribution in [0.5, 0.6) is 0 Å². The molecule has 5 heteroatoms. The zero-order chi connectivity index (χ0) is 14.4. The minimum atomic E-state index is -0.657. The van der Waals surface area contributed by atoms with Crippen LogP contribution in [0.4, 0.5) is 10.5 Å². The highest BCUT2D eigenvalue weighted by Crippen LogP contribution is 2.09.